The fraction of sp³-hybridized carbons (Fsp3) is 0.207. The van der Waals surface area contributed by atoms with Crippen LogP contribution in [0, 0.1) is 0 Å². The van der Waals surface area contributed by atoms with Crippen molar-refractivity contribution in [3.05, 3.63) is 106 Å². The molecule has 182 valence electrons. The van der Waals surface area contributed by atoms with Crippen LogP contribution in [0.5, 0.6) is 0 Å². The number of benzene rings is 3. The molecule has 1 aromatic heterocycles. The molecule has 0 saturated heterocycles. The maximum Gasteiger partial charge on any atom is 0.410 e. The highest BCUT2D eigenvalue weighted by molar-refractivity contribution is 5.84. The van der Waals surface area contributed by atoms with Crippen LogP contribution in [0.1, 0.15) is 22.6 Å². The van der Waals surface area contributed by atoms with Crippen molar-refractivity contribution in [1.29, 1.82) is 0 Å². The maximum atomic E-state index is 13.0. The van der Waals surface area contributed by atoms with Crippen molar-refractivity contribution >= 4 is 22.8 Å². The van der Waals surface area contributed by atoms with E-state index < -0.39 is 18.1 Å². The van der Waals surface area contributed by atoms with Crippen LogP contribution in [-0.4, -0.2) is 46.3 Å². The fourth-order valence-corrected chi connectivity index (χ4v) is 4.95. The molecule has 5 rings (SSSR count). The number of carboxylic acid groups (broad SMARTS) is 1. The minimum absolute atomic E-state index is 0.0457. The third-order valence-corrected chi connectivity index (χ3v) is 6.95. The third-order valence-electron chi connectivity index (χ3n) is 6.95. The molecule has 0 radical (unpaired) electrons. The lowest BCUT2D eigenvalue weighted by molar-refractivity contribution is -0.142. The Bertz CT molecular complexity index is 1490. The monoisotopic (exact) mass is 482 g/mol. The summed E-state index contributed by atoms with van der Waals surface area (Å²) in [5.41, 5.74) is 4.90. The maximum absolute atomic E-state index is 13.0. The lowest BCUT2D eigenvalue weighted by Crippen LogP contribution is -2.44. The molecule has 0 spiro atoms. The van der Waals surface area contributed by atoms with E-state index in [0.717, 1.165) is 32.5 Å². The van der Waals surface area contributed by atoms with Gasteiger partial charge in [-0.15, -0.1) is 0 Å². The van der Waals surface area contributed by atoms with E-state index >= 15 is 0 Å². The second kappa shape index (κ2) is 9.34. The van der Waals surface area contributed by atoms with Crippen molar-refractivity contribution in [3.63, 3.8) is 0 Å². The molecular formula is C29H26N2O5. The van der Waals surface area contributed by atoms with Crippen LogP contribution in [0.2, 0.25) is 0 Å². The summed E-state index contributed by atoms with van der Waals surface area (Å²) in [5, 5.41) is 11.2. The highest BCUT2D eigenvalue weighted by Gasteiger charge is 2.32. The topological polar surface area (TPSA) is 88.8 Å². The number of ether oxygens (including phenoxy) is 1. The van der Waals surface area contributed by atoms with Crippen molar-refractivity contribution in [2.24, 2.45) is 7.05 Å². The first-order valence-electron chi connectivity index (χ1n) is 11.7. The molecule has 0 bridgehead atoms. The van der Waals surface area contributed by atoms with Gasteiger partial charge in [0.05, 0.1) is 0 Å². The van der Waals surface area contributed by atoms with Gasteiger partial charge in [0.2, 0.25) is 0 Å². The Balaban J connectivity index is 1.33. The SMILES string of the molecule is CN(C(=O)OCC1c2ccccc2-c2ccccc21)[C@@H](Cc1ccc2ccn(C)c(=O)c2c1)C(=O)O. The van der Waals surface area contributed by atoms with Crippen LogP contribution in [0.3, 0.4) is 0 Å². The van der Waals surface area contributed by atoms with Gasteiger partial charge in [0.1, 0.15) is 12.6 Å². The number of hydrogen-bond acceptors (Lipinski definition) is 4. The number of aryl methyl sites for hydroxylation is 1. The number of likely N-dealkylation sites (N-methyl/N-ethyl adjacent to an activating group) is 1. The van der Waals surface area contributed by atoms with E-state index in [4.69, 9.17) is 4.74 Å². The number of aliphatic carboxylic acids is 1. The molecule has 0 aliphatic heterocycles. The van der Waals surface area contributed by atoms with E-state index in [9.17, 15) is 19.5 Å². The Morgan fingerprint density at radius 1 is 1.00 bits per heavy atom. The molecule has 7 nitrogen and oxygen atoms in total. The van der Waals surface area contributed by atoms with Gasteiger partial charge in [-0.3, -0.25) is 9.69 Å². The molecule has 1 N–H and O–H groups in total. The normalized spacial score (nSPS) is 13.2. The minimum Gasteiger partial charge on any atom is -0.480 e. The van der Waals surface area contributed by atoms with Crippen LogP contribution in [0.4, 0.5) is 4.79 Å². The van der Waals surface area contributed by atoms with Gasteiger partial charge in [0.25, 0.3) is 5.56 Å². The molecular weight excluding hydrogens is 456 g/mol. The number of hydrogen-bond donors (Lipinski definition) is 1. The van der Waals surface area contributed by atoms with E-state index in [1.807, 2.05) is 42.5 Å². The number of amides is 1. The van der Waals surface area contributed by atoms with E-state index in [1.165, 1.54) is 11.6 Å². The molecule has 7 heteroatoms. The number of carbonyl (C=O) groups is 2. The van der Waals surface area contributed by atoms with Crippen LogP contribution in [0.15, 0.2) is 83.8 Å². The standard InChI is InChI=1S/C29H26N2O5/c1-30-14-13-19-12-11-18(15-24(19)27(30)32)16-26(28(33)34)31(2)29(35)36-17-25-22-9-5-3-7-20(22)21-8-4-6-10-23(21)25/h3-15,25-26H,16-17H2,1-2H3,(H,33,34)/t26-/m0/s1. The van der Waals surface area contributed by atoms with Crippen LogP contribution in [0.25, 0.3) is 21.9 Å². The predicted octanol–water partition coefficient (Wildman–Crippen LogP) is 4.42. The Morgan fingerprint density at radius 3 is 2.28 bits per heavy atom. The van der Waals surface area contributed by atoms with Gasteiger partial charge in [-0.25, -0.2) is 9.59 Å². The van der Waals surface area contributed by atoms with Crippen molar-refractivity contribution in [3.8, 4) is 11.1 Å². The van der Waals surface area contributed by atoms with Gasteiger partial charge in [-0.05, 0) is 45.3 Å². The Kier molecular flexibility index (Phi) is 6.06. The average Bonchev–Trinajstić information content (AvgIpc) is 3.21. The van der Waals surface area contributed by atoms with Crippen LogP contribution < -0.4 is 5.56 Å². The number of rotatable bonds is 6. The first-order valence-corrected chi connectivity index (χ1v) is 11.7. The van der Waals surface area contributed by atoms with E-state index in [2.05, 4.69) is 12.1 Å². The summed E-state index contributed by atoms with van der Waals surface area (Å²) in [5.74, 6) is -1.26. The molecule has 1 amide bonds. The average molecular weight is 483 g/mol. The van der Waals surface area contributed by atoms with Gasteiger partial charge in [0, 0.05) is 38.0 Å². The number of carboxylic acids is 1. The van der Waals surface area contributed by atoms with Gasteiger partial charge in [0.15, 0.2) is 0 Å². The molecule has 0 unspecified atom stereocenters. The molecule has 1 atom stereocenters. The summed E-state index contributed by atoms with van der Waals surface area (Å²) in [6, 6.07) is 22.0. The highest BCUT2D eigenvalue weighted by atomic mass is 16.6. The summed E-state index contributed by atoms with van der Waals surface area (Å²) in [6.07, 6.45) is 1.03. The zero-order chi connectivity index (χ0) is 25.4. The van der Waals surface area contributed by atoms with Crippen LogP contribution >= 0.6 is 0 Å². The smallest absolute Gasteiger partial charge is 0.410 e. The van der Waals surface area contributed by atoms with E-state index in [1.54, 1.807) is 31.4 Å². The highest BCUT2D eigenvalue weighted by Crippen LogP contribution is 2.44. The number of pyridine rings is 1. The van der Waals surface area contributed by atoms with Crippen LogP contribution in [-0.2, 0) is 23.0 Å². The van der Waals surface area contributed by atoms with Gasteiger partial charge in [-0.1, -0.05) is 60.7 Å². The summed E-state index contributed by atoms with van der Waals surface area (Å²) < 4.78 is 7.12. The Labute approximate surface area is 208 Å². The first kappa shape index (κ1) is 23.4. The van der Waals surface area contributed by atoms with E-state index in [-0.39, 0.29) is 24.5 Å². The van der Waals surface area contributed by atoms with Gasteiger partial charge in [-0.2, -0.15) is 0 Å². The first-order chi connectivity index (χ1) is 17.3. The summed E-state index contributed by atoms with van der Waals surface area (Å²) >= 11 is 0. The largest absolute Gasteiger partial charge is 0.480 e. The summed E-state index contributed by atoms with van der Waals surface area (Å²) in [4.78, 5) is 38.7. The quantitative estimate of drug-likeness (QED) is 0.440. The molecule has 36 heavy (non-hydrogen) atoms. The van der Waals surface area contributed by atoms with Crippen molar-refractivity contribution in [2.45, 2.75) is 18.4 Å². The van der Waals surface area contributed by atoms with Gasteiger partial charge >= 0.3 is 12.1 Å². The lowest BCUT2D eigenvalue weighted by atomic mass is 9.98. The predicted molar refractivity (Wildman–Crippen MR) is 137 cm³/mol. The zero-order valence-corrected chi connectivity index (χ0v) is 20.0. The second-order valence-corrected chi connectivity index (χ2v) is 9.13. The number of aromatic nitrogens is 1. The molecule has 0 fully saturated rings. The van der Waals surface area contributed by atoms with Crippen molar-refractivity contribution in [1.82, 2.24) is 9.47 Å². The lowest BCUT2D eigenvalue weighted by Gasteiger charge is -2.25. The summed E-state index contributed by atoms with van der Waals surface area (Å²) in [6.45, 7) is 0.107. The molecule has 1 aliphatic carbocycles. The zero-order valence-electron chi connectivity index (χ0n) is 20.0. The Morgan fingerprint density at radius 2 is 1.64 bits per heavy atom. The Hall–Kier alpha value is -4.39. The summed E-state index contributed by atoms with van der Waals surface area (Å²) in [7, 11) is 3.09. The molecule has 4 aromatic rings. The minimum atomic E-state index is -1.15. The molecule has 3 aromatic carbocycles. The van der Waals surface area contributed by atoms with Crippen molar-refractivity contribution < 1.29 is 19.4 Å². The molecule has 0 saturated carbocycles. The molecule has 1 aliphatic rings. The number of carbonyl (C=O) groups excluding carboxylic acids is 1. The molecule has 1 heterocycles. The number of fused-ring (bicyclic) bond motifs is 4. The number of nitrogens with zero attached hydrogens (tertiary/aromatic N) is 2. The van der Waals surface area contributed by atoms with Gasteiger partial charge < -0.3 is 14.4 Å². The van der Waals surface area contributed by atoms with Crippen molar-refractivity contribution in [2.75, 3.05) is 13.7 Å². The third kappa shape index (κ3) is 4.13. The fourth-order valence-electron chi connectivity index (χ4n) is 4.95. The second-order valence-electron chi connectivity index (χ2n) is 9.13. The van der Waals surface area contributed by atoms with E-state index in [0.29, 0.717) is 10.9 Å².